The monoisotopic (exact) mass is 454 g/mol. The number of carbonyl (C=O) groups is 1. The lowest BCUT2D eigenvalue weighted by molar-refractivity contribution is -0.116. The van der Waals surface area contributed by atoms with Crippen LogP contribution >= 0.6 is 23.4 Å². The third-order valence-corrected chi connectivity index (χ3v) is 5.65. The molecular weight excluding hydrogens is 436 g/mol. The van der Waals surface area contributed by atoms with Crippen LogP contribution in [0, 0.1) is 6.92 Å². The smallest absolute Gasteiger partial charge is 0.264 e. The van der Waals surface area contributed by atoms with E-state index in [1.54, 1.807) is 12.1 Å². The van der Waals surface area contributed by atoms with Crippen LogP contribution in [0.25, 0.3) is 22.8 Å². The van der Waals surface area contributed by atoms with Crippen molar-refractivity contribution in [1.82, 2.24) is 19.9 Å². The van der Waals surface area contributed by atoms with Gasteiger partial charge in [-0.1, -0.05) is 53.2 Å². The Hall–Kier alpha value is -3.30. The van der Waals surface area contributed by atoms with Crippen molar-refractivity contribution in [2.24, 2.45) is 0 Å². The minimum absolute atomic E-state index is 0.0788. The van der Waals surface area contributed by atoms with E-state index in [0.717, 1.165) is 11.1 Å². The second-order valence-electron chi connectivity index (χ2n) is 6.73. The quantitative estimate of drug-likeness (QED) is 0.412. The number of carbonyl (C=O) groups excluding carboxylic acids is 1. The van der Waals surface area contributed by atoms with Crippen molar-refractivity contribution in [3.8, 4) is 22.8 Å². The maximum absolute atomic E-state index is 12.5. The van der Waals surface area contributed by atoms with Gasteiger partial charge in [0.15, 0.2) is 0 Å². The first-order chi connectivity index (χ1) is 15.0. The summed E-state index contributed by atoms with van der Waals surface area (Å²) >= 11 is 7.50. The van der Waals surface area contributed by atoms with Crippen LogP contribution in [0.1, 0.15) is 5.56 Å². The lowest BCUT2D eigenvalue weighted by Crippen LogP contribution is -2.20. The van der Waals surface area contributed by atoms with E-state index >= 15 is 0 Å². The number of aryl methyl sites for hydroxylation is 1. The molecule has 3 N–H and O–H groups in total. The van der Waals surface area contributed by atoms with Gasteiger partial charge in [-0.05, 0) is 30.9 Å². The Balaban J connectivity index is 1.58. The molecule has 4 rings (SSSR count). The summed E-state index contributed by atoms with van der Waals surface area (Å²) in [5.41, 5.74) is 9.16. The van der Waals surface area contributed by atoms with Crippen LogP contribution in [0.15, 0.2) is 58.1 Å². The number of anilines is 2. The maximum atomic E-state index is 12.5. The lowest BCUT2D eigenvalue weighted by atomic mass is 10.2. The van der Waals surface area contributed by atoms with Crippen LogP contribution in [-0.2, 0) is 11.3 Å². The number of hydrogen-bond acceptors (Lipinski definition) is 7. The molecule has 2 aromatic heterocycles. The molecule has 0 aliphatic rings. The van der Waals surface area contributed by atoms with Gasteiger partial charge in [0.25, 0.3) is 5.89 Å². The zero-order valence-electron chi connectivity index (χ0n) is 16.8. The molecule has 0 aliphatic heterocycles. The number of aromatic nitrogens is 4. The average molecular weight is 455 g/mol. The van der Waals surface area contributed by atoms with E-state index in [9.17, 15) is 4.79 Å². The molecule has 31 heavy (non-hydrogen) atoms. The van der Waals surface area contributed by atoms with Crippen molar-refractivity contribution in [2.75, 3.05) is 17.3 Å². The summed E-state index contributed by atoms with van der Waals surface area (Å²) in [6.45, 7) is 1.81. The van der Waals surface area contributed by atoms with Crippen molar-refractivity contribution in [1.29, 1.82) is 0 Å². The highest BCUT2D eigenvalue weighted by molar-refractivity contribution is 7.98. The van der Waals surface area contributed by atoms with Gasteiger partial charge >= 0.3 is 0 Å². The van der Waals surface area contributed by atoms with Crippen LogP contribution in [0.4, 0.5) is 11.5 Å². The van der Waals surface area contributed by atoms with E-state index in [2.05, 4.69) is 20.6 Å². The second-order valence-corrected chi connectivity index (χ2v) is 7.93. The van der Waals surface area contributed by atoms with Crippen molar-refractivity contribution in [3.05, 3.63) is 59.1 Å². The first-order valence-corrected chi connectivity index (χ1v) is 10.9. The second kappa shape index (κ2) is 8.83. The van der Waals surface area contributed by atoms with Gasteiger partial charge < -0.3 is 15.6 Å². The van der Waals surface area contributed by atoms with E-state index in [-0.39, 0.29) is 24.2 Å². The number of amides is 1. The number of nitrogen functional groups attached to an aromatic ring is 1. The van der Waals surface area contributed by atoms with Crippen molar-refractivity contribution in [2.45, 2.75) is 18.5 Å². The standard InChI is InChI=1S/C21H19ClN6O2S/c1-12-8-9-14(10-15(12)22)24-16(29)11-28-18(23)17(21(26-28)31-2)20-25-19(27-30-20)13-6-4-3-5-7-13/h3-10H,11,23H2,1-2H3,(H,24,29). The molecule has 2 aromatic carbocycles. The molecule has 0 fully saturated rings. The predicted molar refractivity (Wildman–Crippen MR) is 122 cm³/mol. The fraction of sp³-hybridized carbons (Fsp3) is 0.143. The molecule has 0 bridgehead atoms. The Bertz CT molecular complexity index is 1240. The van der Waals surface area contributed by atoms with Crippen molar-refractivity contribution >= 4 is 40.8 Å². The summed E-state index contributed by atoms with van der Waals surface area (Å²) in [5, 5.41) is 12.4. The SMILES string of the molecule is CSc1nn(CC(=O)Nc2ccc(C)c(Cl)c2)c(N)c1-c1nc(-c2ccccc2)no1. The molecule has 0 saturated carbocycles. The number of nitrogens with two attached hydrogens (primary N) is 1. The minimum atomic E-state index is -0.288. The highest BCUT2D eigenvalue weighted by atomic mass is 35.5. The normalized spacial score (nSPS) is 10.9. The molecule has 0 radical (unpaired) electrons. The number of rotatable bonds is 6. The number of hydrogen-bond donors (Lipinski definition) is 2. The molecule has 0 saturated heterocycles. The molecule has 0 unspecified atom stereocenters. The Kier molecular flexibility index (Phi) is 5.97. The summed E-state index contributed by atoms with van der Waals surface area (Å²) in [6.07, 6.45) is 1.86. The largest absolute Gasteiger partial charge is 0.383 e. The van der Waals surface area contributed by atoms with E-state index in [1.807, 2.05) is 49.6 Å². The zero-order chi connectivity index (χ0) is 22.0. The van der Waals surface area contributed by atoms with Gasteiger partial charge in [0.2, 0.25) is 11.7 Å². The number of halogens is 1. The van der Waals surface area contributed by atoms with Gasteiger partial charge in [0.1, 0.15) is 23.0 Å². The molecular formula is C21H19ClN6O2S. The van der Waals surface area contributed by atoms with Gasteiger partial charge in [-0.3, -0.25) is 4.79 Å². The van der Waals surface area contributed by atoms with Gasteiger partial charge in [0.05, 0.1) is 0 Å². The first kappa shape index (κ1) is 21.0. The van der Waals surface area contributed by atoms with E-state index in [0.29, 0.717) is 27.1 Å². The van der Waals surface area contributed by atoms with E-state index < -0.39 is 0 Å². The van der Waals surface area contributed by atoms with E-state index in [4.69, 9.17) is 21.9 Å². The number of thioether (sulfide) groups is 1. The van der Waals surface area contributed by atoms with E-state index in [1.165, 1.54) is 16.4 Å². The Morgan fingerprint density at radius 3 is 2.74 bits per heavy atom. The minimum Gasteiger partial charge on any atom is -0.383 e. The molecule has 158 valence electrons. The summed E-state index contributed by atoms with van der Waals surface area (Å²) < 4.78 is 6.86. The first-order valence-electron chi connectivity index (χ1n) is 9.32. The van der Waals surface area contributed by atoms with Crippen molar-refractivity contribution < 1.29 is 9.32 Å². The molecule has 0 spiro atoms. The molecule has 1 amide bonds. The van der Waals surface area contributed by atoms with Crippen LogP contribution < -0.4 is 11.1 Å². The maximum Gasteiger partial charge on any atom is 0.264 e. The van der Waals surface area contributed by atoms with Crippen LogP contribution in [0.5, 0.6) is 0 Å². The molecule has 2 heterocycles. The topological polar surface area (TPSA) is 112 Å². The number of nitrogens with one attached hydrogen (secondary N) is 1. The van der Waals surface area contributed by atoms with Crippen LogP contribution in [0.3, 0.4) is 0 Å². The summed E-state index contributed by atoms with van der Waals surface area (Å²) in [6, 6.07) is 14.8. The molecule has 0 atom stereocenters. The van der Waals surface area contributed by atoms with Crippen LogP contribution in [-0.4, -0.2) is 32.1 Å². The highest BCUT2D eigenvalue weighted by Crippen LogP contribution is 2.34. The van der Waals surface area contributed by atoms with Gasteiger partial charge in [-0.25, -0.2) is 4.68 Å². The Morgan fingerprint density at radius 2 is 2.03 bits per heavy atom. The Morgan fingerprint density at radius 1 is 1.26 bits per heavy atom. The summed E-state index contributed by atoms with van der Waals surface area (Å²) in [7, 11) is 0. The lowest BCUT2D eigenvalue weighted by Gasteiger charge is -2.08. The summed E-state index contributed by atoms with van der Waals surface area (Å²) in [5.74, 6) is 0.676. The fourth-order valence-corrected chi connectivity index (χ4v) is 3.71. The third-order valence-electron chi connectivity index (χ3n) is 4.57. The van der Waals surface area contributed by atoms with Crippen molar-refractivity contribution in [3.63, 3.8) is 0 Å². The number of nitrogens with zero attached hydrogens (tertiary/aromatic N) is 4. The third kappa shape index (κ3) is 4.42. The zero-order valence-corrected chi connectivity index (χ0v) is 18.4. The summed E-state index contributed by atoms with van der Waals surface area (Å²) in [4.78, 5) is 17.0. The fourth-order valence-electron chi connectivity index (χ4n) is 2.95. The predicted octanol–water partition coefficient (Wildman–Crippen LogP) is 4.50. The van der Waals surface area contributed by atoms with Crippen LogP contribution in [0.2, 0.25) is 5.02 Å². The molecule has 4 aromatic rings. The Labute approximate surface area is 187 Å². The molecule has 0 aliphatic carbocycles. The number of benzene rings is 2. The van der Waals surface area contributed by atoms with Gasteiger partial charge in [0, 0.05) is 16.3 Å². The highest BCUT2D eigenvalue weighted by Gasteiger charge is 2.23. The molecule has 10 heteroatoms. The van der Waals surface area contributed by atoms with Gasteiger partial charge in [-0.15, -0.1) is 11.8 Å². The van der Waals surface area contributed by atoms with Gasteiger partial charge in [-0.2, -0.15) is 10.1 Å². The molecule has 8 nitrogen and oxygen atoms in total. The average Bonchev–Trinajstić information content (AvgIpc) is 3.36.